The van der Waals surface area contributed by atoms with Gasteiger partial charge >= 0.3 is 0 Å². The third-order valence-electron chi connectivity index (χ3n) is 2.44. The fraction of sp³-hybridized carbons (Fsp3) is 0.385. The molecule has 1 aromatic rings. The number of ether oxygens (including phenoxy) is 2. The number of anilines is 1. The molecule has 0 aliphatic carbocycles. The number of benzene rings is 1. The summed E-state index contributed by atoms with van der Waals surface area (Å²) in [6.07, 6.45) is 0. The van der Waals surface area contributed by atoms with Crippen LogP contribution in [0.5, 0.6) is 5.75 Å². The van der Waals surface area contributed by atoms with E-state index in [-0.39, 0.29) is 24.0 Å². The molecule has 0 saturated heterocycles. The van der Waals surface area contributed by atoms with Crippen LogP contribution in [0.2, 0.25) is 0 Å². The normalized spacial score (nSPS) is 10.2. The molecule has 6 nitrogen and oxygen atoms in total. The van der Waals surface area contributed by atoms with Crippen LogP contribution in [0.1, 0.15) is 17.3 Å². The highest BCUT2D eigenvalue weighted by atomic mass is 79.9. The number of hydrogen-bond donors (Lipinski definition) is 2. The van der Waals surface area contributed by atoms with Crippen LogP contribution in [0, 0.1) is 0 Å². The Labute approximate surface area is 125 Å². The number of nitrogen functional groups attached to an aromatic ring is 1. The number of carbonyl (C=O) groups is 2. The average molecular weight is 345 g/mol. The van der Waals surface area contributed by atoms with Crippen LogP contribution in [0.15, 0.2) is 16.6 Å². The minimum absolute atomic E-state index is 0.187. The van der Waals surface area contributed by atoms with Crippen molar-refractivity contribution in [3.05, 3.63) is 22.2 Å². The highest BCUT2D eigenvalue weighted by Gasteiger charge is 2.14. The van der Waals surface area contributed by atoms with E-state index in [1.165, 1.54) is 6.92 Å². The Hall–Kier alpha value is -1.60. The molecule has 3 N–H and O–H groups in total. The van der Waals surface area contributed by atoms with E-state index in [1.807, 2.05) is 0 Å². The molecule has 0 atom stereocenters. The quantitative estimate of drug-likeness (QED) is 0.443. The van der Waals surface area contributed by atoms with Crippen molar-refractivity contribution < 1.29 is 19.1 Å². The minimum atomic E-state index is -0.307. The molecule has 0 radical (unpaired) electrons. The Kier molecular flexibility index (Phi) is 6.47. The van der Waals surface area contributed by atoms with Gasteiger partial charge in [0.05, 0.1) is 17.9 Å². The number of rotatable bonds is 7. The molecule has 0 aliphatic rings. The second-order valence-corrected chi connectivity index (χ2v) is 4.97. The molecule has 110 valence electrons. The Morgan fingerprint density at radius 3 is 2.70 bits per heavy atom. The van der Waals surface area contributed by atoms with E-state index in [0.717, 1.165) is 0 Å². The van der Waals surface area contributed by atoms with E-state index >= 15 is 0 Å². The summed E-state index contributed by atoms with van der Waals surface area (Å²) in [5.74, 6) is -0.269. The number of Topliss-reactive ketones (excluding diaryl/α,β-unsaturated/α-hetero) is 1. The topological polar surface area (TPSA) is 90.7 Å². The first-order valence-electron chi connectivity index (χ1n) is 5.94. The van der Waals surface area contributed by atoms with E-state index in [9.17, 15) is 9.59 Å². The summed E-state index contributed by atoms with van der Waals surface area (Å²) in [5, 5.41) is 2.61. The Balaban J connectivity index is 2.72. The number of nitrogens with two attached hydrogens (primary N) is 1. The molecule has 0 fully saturated rings. The molecule has 0 heterocycles. The molecule has 20 heavy (non-hydrogen) atoms. The van der Waals surface area contributed by atoms with Gasteiger partial charge in [0.2, 0.25) is 0 Å². The summed E-state index contributed by atoms with van der Waals surface area (Å²) in [6, 6.07) is 3.22. The molecule has 1 amide bonds. The van der Waals surface area contributed by atoms with Gasteiger partial charge in [-0.1, -0.05) is 15.9 Å². The van der Waals surface area contributed by atoms with Crippen LogP contribution < -0.4 is 15.8 Å². The van der Waals surface area contributed by atoms with Crippen molar-refractivity contribution in [1.29, 1.82) is 0 Å². The molecule has 0 bridgehead atoms. The third-order valence-corrected chi connectivity index (χ3v) is 2.90. The van der Waals surface area contributed by atoms with Gasteiger partial charge in [-0.15, -0.1) is 0 Å². The first kappa shape index (κ1) is 16.5. The highest BCUT2D eigenvalue weighted by Crippen LogP contribution is 2.31. The van der Waals surface area contributed by atoms with Crippen molar-refractivity contribution in [3.63, 3.8) is 0 Å². The molecule has 0 saturated carbocycles. The Morgan fingerprint density at radius 1 is 1.40 bits per heavy atom. The van der Waals surface area contributed by atoms with Gasteiger partial charge in [-0.05, 0) is 19.1 Å². The summed E-state index contributed by atoms with van der Waals surface area (Å²) < 4.78 is 10.8. The SMILES string of the molecule is COCCNC(=O)COc1c(N)cc(Br)cc1C(C)=O. The van der Waals surface area contributed by atoms with E-state index < -0.39 is 0 Å². The van der Waals surface area contributed by atoms with E-state index in [1.54, 1.807) is 19.2 Å². The zero-order chi connectivity index (χ0) is 15.1. The van der Waals surface area contributed by atoms with Crippen LogP contribution in [0.3, 0.4) is 0 Å². The van der Waals surface area contributed by atoms with Crippen LogP contribution >= 0.6 is 15.9 Å². The predicted octanol–water partition coefficient (Wildman–Crippen LogP) is 1.38. The molecule has 7 heteroatoms. The number of halogens is 1. The van der Waals surface area contributed by atoms with Crippen molar-refractivity contribution in [2.75, 3.05) is 32.6 Å². The van der Waals surface area contributed by atoms with Crippen molar-refractivity contribution >= 4 is 33.3 Å². The van der Waals surface area contributed by atoms with Crippen LogP contribution in [-0.4, -0.2) is 38.6 Å². The molecule has 0 aromatic heterocycles. The maximum Gasteiger partial charge on any atom is 0.258 e. The summed E-state index contributed by atoms with van der Waals surface area (Å²) in [4.78, 5) is 23.1. The van der Waals surface area contributed by atoms with Gasteiger partial charge in [0.15, 0.2) is 18.1 Å². The van der Waals surface area contributed by atoms with E-state index in [4.69, 9.17) is 15.2 Å². The molecule has 0 unspecified atom stereocenters. The van der Waals surface area contributed by atoms with Gasteiger partial charge in [0, 0.05) is 18.1 Å². The second-order valence-electron chi connectivity index (χ2n) is 4.06. The summed E-state index contributed by atoms with van der Waals surface area (Å²) in [7, 11) is 1.55. The molecule has 1 rings (SSSR count). The lowest BCUT2D eigenvalue weighted by Gasteiger charge is -2.13. The Bertz CT molecular complexity index is 505. The van der Waals surface area contributed by atoms with E-state index in [2.05, 4.69) is 21.2 Å². The lowest BCUT2D eigenvalue weighted by Crippen LogP contribution is -2.31. The predicted molar refractivity (Wildman–Crippen MR) is 78.9 cm³/mol. The second kappa shape index (κ2) is 7.86. The van der Waals surface area contributed by atoms with Gasteiger partial charge in [-0.25, -0.2) is 0 Å². The lowest BCUT2D eigenvalue weighted by atomic mass is 10.1. The zero-order valence-electron chi connectivity index (χ0n) is 11.4. The average Bonchev–Trinajstić information content (AvgIpc) is 2.37. The molecule has 0 spiro atoms. The van der Waals surface area contributed by atoms with Gasteiger partial charge < -0.3 is 20.5 Å². The van der Waals surface area contributed by atoms with Crippen molar-refractivity contribution in [3.8, 4) is 5.75 Å². The van der Waals surface area contributed by atoms with Crippen molar-refractivity contribution in [2.24, 2.45) is 0 Å². The lowest BCUT2D eigenvalue weighted by molar-refractivity contribution is -0.123. The van der Waals surface area contributed by atoms with Gasteiger partial charge in [-0.2, -0.15) is 0 Å². The fourth-order valence-electron chi connectivity index (χ4n) is 1.52. The van der Waals surface area contributed by atoms with Crippen LogP contribution in [-0.2, 0) is 9.53 Å². The number of amides is 1. The van der Waals surface area contributed by atoms with E-state index in [0.29, 0.717) is 28.9 Å². The first-order valence-corrected chi connectivity index (χ1v) is 6.73. The molecule has 1 aromatic carbocycles. The number of carbonyl (C=O) groups excluding carboxylic acids is 2. The largest absolute Gasteiger partial charge is 0.481 e. The fourth-order valence-corrected chi connectivity index (χ4v) is 1.99. The first-order chi connectivity index (χ1) is 9.45. The van der Waals surface area contributed by atoms with Crippen LogP contribution in [0.25, 0.3) is 0 Å². The summed E-state index contributed by atoms with van der Waals surface area (Å²) in [6.45, 7) is 2.02. The zero-order valence-corrected chi connectivity index (χ0v) is 13.0. The van der Waals surface area contributed by atoms with Crippen molar-refractivity contribution in [1.82, 2.24) is 5.32 Å². The van der Waals surface area contributed by atoms with Gasteiger partial charge in [0.25, 0.3) is 5.91 Å². The number of nitrogens with one attached hydrogen (secondary N) is 1. The van der Waals surface area contributed by atoms with Crippen molar-refractivity contribution in [2.45, 2.75) is 6.92 Å². The number of ketones is 1. The molecular formula is C13H17BrN2O4. The maximum absolute atomic E-state index is 11.6. The Morgan fingerprint density at radius 2 is 2.10 bits per heavy atom. The molecular weight excluding hydrogens is 328 g/mol. The van der Waals surface area contributed by atoms with Crippen LogP contribution in [0.4, 0.5) is 5.69 Å². The minimum Gasteiger partial charge on any atom is -0.481 e. The number of hydrogen-bond acceptors (Lipinski definition) is 5. The van der Waals surface area contributed by atoms with Gasteiger partial charge in [0.1, 0.15) is 0 Å². The highest BCUT2D eigenvalue weighted by molar-refractivity contribution is 9.10. The smallest absolute Gasteiger partial charge is 0.258 e. The monoisotopic (exact) mass is 344 g/mol. The number of methoxy groups -OCH3 is 1. The van der Waals surface area contributed by atoms with Gasteiger partial charge in [-0.3, -0.25) is 9.59 Å². The standard InChI is InChI=1S/C13H17BrN2O4/c1-8(17)10-5-9(14)6-11(15)13(10)20-7-12(18)16-3-4-19-2/h5-6H,3-4,7,15H2,1-2H3,(H,16,18). The third kappa shape index (κ3) is 4.82. The maximum atomic E-state index is 11.6. The summed E-state index contributed by atoms with van der Waals surface area (Å²) in [5.41, 5.74) is 6.44. The molecule has 0 aliphatic heterocycles. The summed E-state index contributed by atoms with van der Waals surface area (Å²) >= 11 is 3.26.